The summed E-state index contributed by atoms with van der Waals surface area (Å²) < 4.78 is 10.7. The number of ether oxygens (including phenoxy) is 1. The van der Waals surface area contributed by atoms with Crippen molar-refractivity contribution in [1.29, 1.82) is 0 Å². The van der Waals surface area contributed by atoms with Gasteiger partial charge in [0.1, 0.15) is 5.75 Å². The second-order valence-corrected chi connectivity index (χ2v) is 4.71. The third-order valence-electron chi connectivity index (χ3n) is 2.74. The molecule has 1 aliphatic rings. The van der Waals surface area contributed by atoms with Crippen LogP contribution in [0, 0.1) is 0 Å². The Hall–Kier alpha value is -2.08. The van der Waals surface area contributed by atoms with E-state index in [9.17, 15) is 9.59 Å². The number of furan rings is 1. The Morgan fingerprint density at radius 2 is 2.16 bits per heavy atom. The smallest absolute Gasteiger partial charge is 0.262 e. The lowest BCUT2D eigenvalue weighted by atomic mass is 10.0. The van der Waals surface area contributed by atoms with E-state index in [0.29, 0.717) is 27.2 Å². The van der Waals surface area contributed by atoms with Gasteiger partial charge in [-0.2, -0.15) is 0 Å². The number of fused-ring (bicyclic) bond motifs is 1. The van der Waals surface area contributed by atoms with E-state index in [1.807, 2.05) is 0 Å². The molecule has 0 unspecified atom stereocenters. The van der Waals surface area contributed by atoms with Crippen molar-refractivity contribution in [2.45, 2.75) is 0 Å². The summed E-state index contributed by atoms with van der Waals surface area (Å²) in [5.74, 6) is 0.132. The normalized spacial score (nSPS) is 13.4. The van der Waals surface area contributed by atoms with Gasteiger partial charge in [0, 0.05) is 5.56 Å². The van der Waals surface area contributed by atoms with Gasteiger partial charge in [0.15, 0.2) is 17.1 Å². The zero-order valence-corrected chi connectivity index (χ0v) is 11.2. The molecule has 1 aromatic heterocycles. The van der Waals surface area contributed by atoms with Crippen molar-refractivity contribution in [3.05, 3.63) is 46.3 Å². The van der Waals surface area contributed by atoms with E-state index in [-0.39, 0.29) is 18.3 Å². The predicted molar refractivity (Wildman–Crippen MR) is 70.4 cm³/mol. The van der Waals surface area contributed by atoms with Crippen molar-refractivity contribution >= 4 is 33.3 Å². The first kappa shape index (κ1) is 12.0. The molecule has 19 heavy (non-hydrogen) atoms. The first-order valence-corrected chi connectivity index (χ1v) is 6.29. The van der Waals surface area contributed by atoms with Crippen LogP contribution in [-0.2, 0) is 4.79 Å². The lowest BCUT2D eigenvalue weighted by Crippen LogP contribution is -2.25. The van der Waals surface area contributed by atoms with E-state index < -0.39 is 0 Å². The SMILES string of the molecule is O=C1COc2ccc(C(=O)c3ccoc3Br)cc2N1. The van der Waals surface area contributed by atoms with Gasteiger partial charge in [-0.15, -0.1) is 0 Å². The largest absolute Gasteiger partial charge is 0.482 e. The Morgan fingerprint density at radius 3 is 2.89 bits per heavy atom. The van der Waals surface area contributed by atoms with Gasteiger partial charge in [-0.3, -0.25) is 9.59 Å². The van der Waals surface area contributed by atoms with Crippen LogP contribution in [0.15, 0.2) is 39.6 Å². The van der Waals surface area contributed by atoms with Crippen LogP contribution in [0.3, 0.4) is 0 Å². The summed E-state index contributed by atoms with van der Waals surface area (Å²) in [6.45, 7) is -0.00638. The van der Waals surface area contributed by atoms with Crippen LogP contribution in [0.2, 0.25) is 0 Å². The van der Waals surface area contributed by atoms with Crippen molar-refractivity contribution in [2.75, 3.05) is 11.9 Å². The van der Waals surface area contributed by atoms with E-state index in [2.05, 4.69) is 21.2 Å². The molecule has 0 fully saturated rings. The number of anilines is 1. The maximum atomic E-state index is 12.3. The zero-order chi connectivity index (χ0) is 13.4. The van der Waals surface area contributed by atoms with Crippen LogP contribution >= 0.6 is 15.9 Å². The number of nitrogens with one attached hydrogen (secondary N) is 1. The van der Waals surface area contributed by atoms with Crippen LogP contribution in [-0.4, -0.2) is 18.3 Å². The highest BCUT2D eigenvalue weighted by atomic mass is 79.9. The molecule has 5 nitrogen and oxygen atoms in total. The number of amides is 1. The van der Waals surface area contributed by atoms with Crippen LogP contribution in [0.1, 0.15) is 15.9 Å². The number of benzene rings is 1. The third kappa shape index (κ3) is 2.15. The summed E-state index contributed by atoms with van der Waals surface area (Å²) in [7, 11) is 0. The minimum absolute atomic E-state index is 0.00638. The van der Waals surface area contributed by atoms with Gasteiger partial charge in [0.2, 0.25) is 0 Å². The molecule has 0 spiro atoms. The van der Waals surface area contributed by atoms with Gasteiger partial charge in [0.25, 0.3) is 5.91 Å². The number of hydrogen-bond donors (Lipinski definition) is 1. The predicted octanol–water partition coefficient (Wildman–Crippen LogP) is 2.60. The topological polar surface area (TPSA) is 68.5 Å². The highest BCUT2D eigenvalue weighted by molar-refractivity contribution is 9.10. The van der Waals surface area contributed by atoms with Crippen molar-refractivity contribution in [2.24, 2.45) is 0 Å². The van der Waals surface area contributed by atoms with Gasteiger partial charge >= 0.3 is 0 Å². The molecule has 0 radical (unpaired) electrons. The highest BCUT2D eigenvalue weighted by Gasteiger charge is 2.20. The molecule has 1 aromatic carbocycles. The van der Waals surface area contributed by atoms with Crippen molar-refractivity contribution in [1.82, 2.24) is 0 Å². The molecule has 3 rings (SSSR count). The van der Waals surface area contributed by atoms with E-state index in [1.54, 1.807) is 24.3 Å². The number of carbonyl (C=O) groups is 2. The summed E-state index contributed by atoms with van der Waals surface area (Å²) in [4.78, 5) is 23.5. The maximum absolute atomic E-state index is 12.3. The average Bonchev–Trinajstić information content (AvgIpc) is 2.83. The second kappa shape index (κ2) is 4.55. The Bertz CT molecular complexity index is 677. The Balaban J connectivity index is 1.98. The molecule has 0 aliphatic carbocycles. The lowest BCUT2D eigenvalue weighted by molar-refractivity contribution is -0.118. The number of carbonyl (C=O) groups excluding carboxylic acids is 2. The van der Waals surface area contributed by atoms with Gasteiger partial charge < -0.3 is 14.5 Å². The molecule has 6 heteroatoms. The Morgan fingerprint density at radius 1 is 1.32 bits per heavy atom. The van der Waals surface area contributed by atoms with E-state index in [0.717, 1.165) is 0 Å². The number of rotatable bonds is 2. The standard InChI is InChI=1S/C13H8BrNO4/c14-13-8(3-4-18-13)12(17)7-1-2-10-9(5-7)15-11(16)6-19-10/h1-5H,6H2,(H,15,16). The fourth-order valence-electron chi connectivity index (χ4n) is 1.84. The summed E-state index contributed by atoms with van der Waals surface area (Å²) in [6, 6.07) is 6.49. The second-order valence-electron chi connectivity index (χ2n) is 3.98. The van der Waals surface area contributed by atoms with Crippen molar-refractivity contribution < 1.29 is 18.7 Å². The fourth-order valence-corrected chi connectivity index (χ4v) is 2.26. The van der Waals surface area contributed by atoms with E-state index >= 15 is 0 Å². The summed E-state index contributed by atoms with van der Waals surface area (Å²) >= 11 is 3.17. The first-order valence-electron chi connectivity index (χ1n) is 5.49. The van der Waals surface area contributed by atoms with Gasteiger partial charge in [0.05, 0.1) is 17.5 Å². The van der Waals surface area contributed by atoms with Gasteiger partial charge in [-0.05, 0) is 40.2 Å². The number of hydrogen-bond acceptors (Lipinski definition) is 4. The summed E-state index contributed by atoms with van der Waals surface area (Å²) in [5.41, 5.74) is 1.39. The third-order valence-corrected chi connectivity index (χ3v) is 3.35. The highest BCUT2D eigenvalue weighted by Crippen LogP contribution is 2.30. The van der Waals surface area contributed by atoms with Gasteiger partial charge in [-0.1, -0.05) is 0 Å². The van der Waals surface area contributed by atoms with E-state index in [1.165, 1.54) is 6.26 Å². The average molecular weight is 322 g/mol. The number of ketones is 1. The van der Waals surface area contributed by atoms with Gasteiger partial charge in [-0.25, -0.2) is 0 Å². The zero-order valence-electron chi connectivity index (χ0n) is 9.60. The minimum atomic E-state index is -0.235. The molecule has 2 aromatic rings. The van der Waals surface area contributed by atoms with Crippen LogP contribution < -0.4 is 10.1 Å². The summed E-state index contributed by atoms with van der Waals surface area (Å²) in [6.07, 6.45) is 1.43. The first-order chi connectivity index (χ1) is 9.15. The molecule has 1 N–H and O–H groups in total. The maximum Gasteiger partial charge on any atom is 0.262 e. The quantitative estimate of drug-likeness (QED) is 0.863. The Labute approximate surface area is 116 Å². The molecule has 0 saturated carbocycles. The van der Waals surface area contributed by atoms with Crippen LogP contribution in [0.5, 0.6) is 5.75 Å². The molecule has 0 atom stereocenters. The van der Waals surface area contributed by atoms with Crippen LogP contribution in [0.4, 0.5) is 5.69 Å². The lowest BCUT2D eigenvalue weighted by Gasteiger charge is -2.18. The van der Waals surface area contributed by atoms with Crippen molar-refractivity contribution in [3.8, 4) is 5.75 Å². The number of halogens is 1. The minimum Gasteiger partial charge on any atom is -0.482 e. The molecule has 0 bridgehead atoms. The molecule has 96 valence electrons. The Kier molecular flexibility index (Phi) is 2.87. The van der Waals surface area contributed by atoms with E-state index in [4.69, 9.17) is 9.15 Å². The molecule has 1 aliphatic heterocycles. The molecular formula is C13H8BrNO4. The molecule has 0 saturated heterocycles. The summed E-state index contributed by atoms with van der Waals surface area (Å²) in [5, 5.41) is 2.66. The monoisotopic (exact) mass is 321 g/mol. The van der Waals surface area contributed by atoms with Crippen molar-refractivity contribution in [3.63, 3.8) is 0 Å². The van der Waals surface area contributed by atoms with Crippen LogP contribution in [0.25, 0.3) is 0 Å². The molecular weight excluding hydrogens is 314 g/mol. The fraction of sp³-hybridized carbons (Fsp3) is 0.0769. The molecule has 2 heterocycles. The molecule has 1 amide bonds.